The molecule has 2 fully saturated rings. The van der Waals surface area contributed by atoms with Crippen LogP contribution in [0.4, 0.5) is 0 Å². The van der Waals surface area contributed by atoms with Crippen LogP contribution >= 0.6 is 0 Å². The summed E-state index contributed by atoms with van der Waals surface area (Å²) in [5.41, 5.74) is 5.08. The summed E-state index contributed by atoms with van der Waals surface area (Å²) < 4.78 is 5.65. The van der Waals surface area contributed by atoms with E-state index in [0.29, 0.717) is 26.0 Å². The van der Waals surface area contributed by atoms with Gasteiger partial charge in [-0.3, -0.25) is 14.4 Å². The molecule has 0 aromatic carbocycles. The van der Waals surface area contributed by atoms with Crippen LogP contribution in [0.2, 0.25) is 0 Å². The number of nitrogens with two attached hydrogens (primary N) is 1. The molecule has 0 heterocycles. The number of ether oxygens (including phenoxy) is 1. The molecule has 7 unspecified atom stereocenters. The maximum absolute atomic E-state index is 13.1. The fourth-order valence-electron chi connectivity index (χ4n) is 7.34. The molecule has 0 spiro atoms. The van der Waals surface area contributed by atoms with Gasteiger partial charge in [-0.1, -0.05) is 40.0 Å². The summed E-state index contributed by atoms with van der Waals surface area (Å²) in [7, 11) is 3.92. The molecule has 0 radical (unpaired) electrons. The molecule has 3 N–H and O–H groups in total. The Kier molecular flexibility index (Phi) is 14.1. The molecular weight excluding hydrogens is 514 g/mol. The monoisotopic (exact) mass is 577 g/mol. The Balaban J connectivity index is 1.89. The van der Waals surface area contributed by atoms with Gasteiger partial charge in [-0.15, -0.1) is 0 Å². The fourth-order valence-corrected chi connectivity index (χ4v) is 7.34. The van der Waals surface area contributed by atoms with Crippen LogP contribution in [0, 0.1) is 40.9 Å². The highest BCUT2D eigenvalue weighted by Crippen LogP contribution is 2.53. The Morgan fingerprint density at radius 2 is 1.56 bits per heavy atom. The second-order valence-electron chi connectivity index (χ2n) is 15.0. The lowest BCUT2D eigenvalue weighted by Crippen LogP contribution is -2.48. The number of hydrogen-bond acceptors (Lipinski definition) is 5. The molecule has 0 aromatic rings. The van der Waals surface area contributed by atoms with E-state index in [1.807, 2.05) is 46.7 Å². The summed E-state index contributed by atoms with van der Waals surface area (Å²) in [5.74, 6) is 2.82. The summed E-state index contributed by atoms with van der Waals surface area (Å²) in [5, 5.41) is 3.13. The Morgan fingerprint density at radius 1 is 0.951 bits per heavy atom. The van der Waals surface area contributed by atoms with Crippen molar-refractivity contribution in [2.45, 2.75) is 131 Å². The molecule has 238 valence electrons. The molecule has 7 heteroatoms. The van der Waals surface area contributed by atoms with Crippen LogP contribution in [0.15, 0.2) is 0 Å². The van der Waals surface area contributed by atoms with Crippen molar-refractivity contribution in [3.05, 3.63) is 0 Å². The third-order valence-corrected chi connectivity index (χ3v) is 10.4. The number of amides is 2. The standard InChI is InChI=1S/C34H63N3O4/c1-9-34(6,32(40)36-33(3,4)5)20-12-16-26(31(39)41-22-21-37(7)8)15-10-13-25(30(35)38)14-11-17-29-24(2)27-18-19-28(29)23-27/h24-29H,9-23H2,1-8H3,(H2,35,38)(H,36,40). The number of carbonyl (C=O) groups excluding carboxylic acids is 3. The topological polar surface area (TPSA) is 102 Å². The van der Waals surface area contributed by atoms with E-state index in [4.69, 9.17) is 10.5 Å². The number of nitrogens with zero attached hydrogens (tertiary/aromatic N) is 1. The molecule has 2 saturated carbocycles. The first-order chi connectivity index (χ1) is 19.2. The first-order valence-electron chi connectivity index (χ1n) is 16.6. The van der Waals surface area contributed by atoms with E-state index in [1.165, 1.54) is 25.7 Å². The van der Waals surface area contributed by atoms with Crippen LogP contribution in [0.3, 0.4) is 0 Å². The van der Waals surface area contributed by atoms with Gasteiger partial charge in [0.15, 0.2) is 0 Å². The SMILES string of the molecule is CCC(C)(CCCC(CCCC(CCCC1C2CCC(C2)C1C)C(N)=O)C(=O)OCCN(C)C)C(=O)NC(C)(C)C. The second kappa shape index (κ2) is 16.3. The van der Waals surface area contributed by atoms with Gasteiger partial charge in [0, 0.05) is 23.4 Å². The van der Waals surface area contributed by atoms with Crippen LogP contribution in [0.25, 0.3) is 0 Å². The van der Waals surface area contributed by atoms with Crippen LogP contribution in [0.5, 0.6) is 0 Å². The van der Waals surface area contributed by atoms with Crippen molar-refractivity contribution in [2.75, 3.05) is 27.2 Å². The van der Waals surface area contributed by atoms with Gasteiger partial charge in [-0.05, 0) is 123 Å². The Hall–Kier alpha value is -1.63. The number of rotatable bonds is 19. The minimum atomic E-state index is -0.472. The maximum atomic E-state index is 13.1. The molecule has 0 aliphatic heterocycles. The summed E-state index contributed by atoms with van der Waals surface area (Å²) in [4.78, 5) is 40.4. The lowest BCUT2D eigenvalue weighted by molar-refractivity contribution is -0.149. The Morgan fingerprint density at radius 3 is 2.12 bits per heavy atom. The zero-order valence-corrected chi connectivity index (χ0v) is 27.7. The van der Waals surface area contributed by atoms with Crippen molar-refractivity contribution in [2.24, 2.45) is 46.7 Å². The number of fused-ring (bicyclic) bond motifs is 2. The van der Waals surface area contributed by atoms with Crippen LogP contribution in [-0.2, 0) is 19.1 Å². The number of carbonyl (C=O) groups is 3. The third kappa shape index (κ3) is 11.5. The van der Waals surface area contributed by atoms with Crippen LogP contribution < -0.4 is 11.1 Å². The van der Waals surface area contributed by atoms with E-state index in [-0.39, 0.29) is 35.2 Å². The number of likely N-dealkylation sites (N-methyl/N-ethyl adjacent to an activating group) is 1. The molecule has 2 aliphatic rings. The quantitative estimate of drug-likeness (QED) is 0.175. The summed E-state index contributed by atoms with van der Waals surface area (Å²) in [6.45, 7) is 13.6. The summed E-state index contributed by atoms with van der Waals surface area (Å²) in [6, 6.07) is 0. The molecule has 2 bridgehead atoms. The van der Waals surface area contributed by atoms with Crippen molar-refractivity contribution in [3.63, 3.8) is 0 Å². The molecule has 2 rings (SSSR count). The predicted molar refractivity (Wildman–Crippen MR) is 167 cm³/mol. The van der Waals surface area contributed by atoms with E-state index in [2.05, 4.69) is 19.2 Å². The Bertz CT molecular complexity index is 836. The van der Waals surface area contributed by atoms with Gasteiger partial charge in [0.25, 0.3) is 0 Å². The predicted octanol–water partition coefficient (Wildman–Crippen LogP) is 6.33. The average Bonchev–Trinajstić information content (AvgIpc) is 3.47. The molecule has 0 aromatic heterocycles. The first-order valence-corrected chi connectivity index (χ1v) is 16.6. The van der Waals surface area contributed by atoms with Crippen molar-refractivity contribution in [1.29, 1.82) is 0 Å². The average molecular weight is 578 g/mol. The number of esters is 1. The minimum absolute atomic E-state index is 0.0711. The zero-order chi connectivity index (χ0) is 30.8. The Labute approximate surface area is 251 Å². The van der Waals surface area contributed by atoms with Crippen molar-refractivity contribution >= 4 is 17.8 Å². The second-order valence-corrected chi connectivity index (χ2v) is 15.0. The van der Waals surface area contributed by atoms with Gasteiger partial charge in [0.05, 0.1) is 5.92 Å². The van der Waals surface area contributed by atoms with E-state index in [0.717, 1.165) is 68.6 Å². The molecular formula is C34H63N3O4. The van der Waals surface area contributed by atoms with E-state index in [1.54, 1.807) is 0 Å². The third-order valence-electron chi connectivity index (χ3n) is 10.4. The van der Waals surface area contributed by atoms with Gasteiger partial charge in [0.2, 0.25) is 11.8 Å². The van der Waals surface area contributed by atoms with Gasteiger partial charge < -0.3 is 20.7 Å². The van der Waals surface area contributed by atoms with Gasteiger partial charge >= 0.3 is 5.97 Å². The molecule has 7 nitrogen and oxygen atoms in total. The summed E-state index contributed by atoms with van der Waals surface area (Å²) in [6.07, 6.45) is 12.5. The van der Waals surface area contributed by atoms with E-state index < -0.39 is 5.41 Å². The van der Waals surface area contributed by atoms with Gasteiger partial charge in [-0.25, -0.2) is 0 Å². The molecule has 7 atom stereocenters. The number of hydrogen-bond donors (Lipinski definition) is 2. The smallest absolute Gasteiger partial charge is 0.308 e. The van der Waals surface area contributed by atoms with Crippen LogP contribution in [-0.4, -0.2) is 55.5 Å². The lowest BCUT2D eigenvalue weighted by Gasteiger charge is -2.32. The number of nitrogens with one attached hydrogen (secondary N) is 1. The van der Waals surface area contributed by atoms with Crippen LogP contribution in [0.1, 0.15) is 125 Å². The fraction of sp³-hybridized carbons (Fsp3) is 0.912. The molecule has 0 saturated heterocycles. The maximum Gasteiger partial charge on any atom is 0.308 e. The highest BCUT2D eigenvalue weighted by atomic mass is 16.5. The molecule has 2 aliphatic carbocycles. The van der Waals surface area contributed by atoms with Gasteiger partial charge in [-0.2, -0.15) is 0 Å². The van der Waals surface area contributed by atoms with Gasteiger partial charge in [0.1, 0.15) is 6.61 Å². The number of primary amides is 1. The largest absolute Gasteiger partial charge is 0.464 e. The minimum Gasteiger partial charge on any atom is -0.464 e. The summed E-state index contributed by atoms with van der Waals surface area (Å²) >= 11 is 0. The van der Waals surface area contributed by atoms with Crippen molar-refractivity contribution < 1.29 is 19.1 Å². The highest BCUT2D eigenvalue weighted by molar-refractivity contribution is 5.82. The van der Waals surface area contributed by atoms with Crippen molar-refractivity contribution in [3.8, 4) is 0 Å². The van der Waals surface area contributed by atoms with E-state index in [9.17, 15) is 14.4 Å². The first kappa shape index (κ1) is 35.6. The molecule has 2 amide bonds. The van der Waals surface area contributed by atoms with Crippen molar-refractivity contribution in [1.82, 2.24) is 10.2 Å². The highest BCUT2D eigenvalue weighted by Gasteiger charge is 2.44. The lowest BCUT2D eigenvalue weighted by atomic mass is 9.77. The van der Waals surface area contributed by atoms with E-state index >= 15 is 0 Å². The molecule has 41 heavy (non-hydrogen) atoms. The normalized spacial score (nSPS) is 25.1. The zero-order valence-electron chi connectivity index (χ0n) is 27.7.